The molecule has 2 unspecified atom stereocenters. The zero-order valence-corrected chi connectivity index (χ0v) is 35.0. The maximum Gasteiger partial charge on any atom is 0.307 e. The number of pyridine rings is 3. The van der Waals surface area contributed by atoms with Crippen LogP contribution in [0.1, 0.15) is 43.7 Å². The van der Waals surface area contributed by atoms with Gasteiger partial charge in [0.2, 0.25) is 20.0 Å². The van der Waals surface area contributed by atoms with E-state index in [1.165, 1.54) is 31.4 Å². The number of aromatic nitrogens is 3. The van der Waals surface area contributed by atoms with E-state index in [2.05, 4.69) is 29.7 Å². The number of carboxylic acid groups (broad SMARTS) is 1. The van der Waals surface area contributed by atoms with E-state index in [1.54, 1.807) is 80.4 Å². The van der Waals surface area contributed by atoms with Gasteiger partial charge in [0.05, 0.1) is 43.0 Å². The van der Waals surface area contributed by atoms with Gasteiger partial charge >= 0.3 is 11.9 Å². The van der Waals surface area contributed by atoms with Crippen LogP contribution < -0.4 is 24.2 Å². The molecule has 0 bridgehead atoms. The Hall–Kier alpha value is -5.95. The number of nitrogens with one attached hydrogen (secondary N) is 3. The second-order valence-electron chi connectivity index (χ2n) is 13.2. The van der Waals surface area contributed by atoms with Crippen molar-refractivity contribution in [2.75, 3.05) is 32.2 Å². The Labute approximate surface area is 350 Å². The van der Waals surface area contributed by atoms with Crippen LogP contribution in [0.25, 0.3) is 0 Å². The molecule has 0 aliphatic carbocycles. The van der Waals surface area contributed by atoms with E-state index in [-0.39, 0.29) is 35.7 Å². The fraction of sp³-hybridized carbons (Fsp3) is 0.310. The van der Waals surface area contributed by atoms with Gasteiger partial charge in [0, 0.05) is 61.7 Å². The third kappa shape index (κ3) is 16.7. The second kappa shape index (κ2) is 24.2. The normalized spacial score (nSPS) is 12.2. The lowest BCUT2D eigenvalue weighted by molar-refractivity contribution is -0.143. The van der Waals surface area contributed by atoms with Gasteiger partial charge < -0.3 is 24.6 Å². The molecule has 2 atom stereocenters. The Balaban J connectivity index is 0.000000275. The summed E-state index contributed by atoms with van der Waals surface area (Å²) in [6, 6.07) is 23.6. The van der Waals surface area contributed by atoms with Crippen molar-refractivity contribution < 1.29 is 45.7 Å². The predicted molar refractivity (Wildman–Crippen MR) is 224 cm³/mol. The summed E-state index contributed by atoms with van der Waals surface area (Å²) in [4.78, 5) is 35.4. The van der Waals surface area contributed by atoms with Crippen molar-refractivity contribution in [2.24, 2.45) is 0 Å². The van der Waals surface area contributed by atoms with Gasteiger partial charge in [-0.1, -0.05) is 30.3 Å². The Morgan fingerprint density at radius 2 is 1.32 bits per heavy atom. The van der Waals surface area contributed by atoms with Crippen LogP contribution in [0, 0.1) is 0 Å². The molecule has 5 aromatic rings. The summed E-state index contributed by atoms with van der Waals surface area (Å²) in [5.41, 5.74) is 1.56. The van der Waals surface area contributed by atoms with Crippen LogP contribution in [0.4, 0.5) is 5.82 Å². The van der Waals surface area contributed by atoms with Gasteiger partial charge in [-0.3, -0.25) is 19.6 Å². The molecule has 0 saturated carbocycles. The molecular formula is C42H50N6O10S2. The lowest BCUT2D eigenvalue weighted by atomic mass is 10.1. The van der Waals surface area contributed by atoms with Crippen molar-refractivity contribution in [1.29, 1.82) is 0 Å². The van der Waals surface area contributed by atoms with Crippen LogP contribution >= 0.6 is 0 Å². The molecular weight excluding hydrogens is 813 g/mol. The molecule has 18 heteroatoms. The second-order valence-corrected chi connectivity index (χ2v) is 16.7. The van der Waals surface area contributed by atoms with Crippen LogP contribution in [0.15, 0.2) is 132 Å². The number of hydrogen-bond acceptors (Lipinski definition) is 13. The fourth-order valence-corrected chi connectivity index (χ4v) is 8.27. The molecule has 0 amide bonds. The van der Waals surface area contributed by atoms with E-state index in [1.807, 2.05) is 24.3 Å². The number of rotatable bonds is 23. The number of benzene rings is 2. The van der Waals surface area contributed by atoms with Crippen molar-refractivity contribution in [3.8, 4) is 11.5 Å². The molecule has 60 heavy (non-hydrogen) atoms. The number of nitrogens with zero attached hydrogens (tertiary/aromatic N) is 3. The van der Waals surface area contributed by atoms with Crippen molar-refractivity contribution in [1.82, 2.24) is 24.4 Å². The summed E-state index contributed by atoms with van der Waals surface area (Å²) in [5, 5.41) is 12.4. The number of carbonyl (C=O) groups excluding carboxylic acids is 1. The molecule has 4 N–H and O–H groups in total. The molecule has 320 valence electrons. The molecule has 0 spiro atoms. The van der Waals surface area contributed by atoms with Gasteiger partial charge in [0.15, 0.2) is 0 Å². The van der Waals surface area contributed by atoms with Gasteiger partial charge in [-0.15, -0.1) is 0 Å². The molecule has 0 fully saturated rings. The average Bonchev–Trinajstić information content (AvgIpc) is 3.23. The first-order valence-corrected chi connectivity index (χ1v) is 22.0. The molecule has 5 rings (SSSR count). The van der Waals surface area contributed by atoms with Gasteiger partial charge in [-0.05, 0) is 92.3 Å². The van der Waals surface area contributed by atoms with E-state index in [0.29, 0.717) is 24.5 Å². The molecule has 0 aliphatic rings. The monoisotopic (exact) mass is 862 g/mol. The summed E-state index contributed by atoms with van der Waals surface area (Å²) in [5.74, 6) is 0.129. The zero-order valence-electron chi connectivity index (χ0n) is 33.3. The molecule has 16 nitrogen and oxygen atoms in total. The molecule has 0 radical (unpaired) electrons. The summed E-state index contributed by atoms with van der Waals surface area (Å²) in [6.07, 6.45) is 9.92. The number of anilines is 1. The van der Waals surface area contributed by atoms with Gasteiger partial charge in [-0.2, -0.15) is 0 Å². The number of aliphatic carboxylic acids is 1. The van der Waals surface area contributed by atoms with Crippen LogP contribution in [0.3, 0.4) is 0 Å². The number of carboxylic acids is 1. The third-order valence-corrected chi connectivity index (χ3v) is 11.5. The molecule has 3 aromatic heterocycles. The van der Waals surface area contributed by atoms with E-state index in [0.717, 1.165) is 36.3 Å². The Bertz CT molecular complexity index is 2290. The van der Waals surface area contributed by atoms with Crippen LogP contribution in [-0.4, -0.2) is 87.8 Å². The average molecular weight is 863 g/mol. The van der Waals surface area contributed by atoms with E-state index in [9.17, 15) is 31.5 Å². The summed E-state index contributed by atoms with van der Waals surface area (Å²) in [7, 11) is -6.32. The van der Waals surface area contributed by atoms with Crippen molar-refractivity contribution >= 4 is 37.8 Å². The minimum absolute atomic E-state index is 0.0170. The summed E-state index contributed by atoms with van der Waals surface area (Å²) < 4.78 is 72.1. The largest absolute Gasteiger partial charge is 0.497 e. The molecule has 2 aromatic carbocycles. The van der Waals surface area contributed by atoms with Crippen LogP contribution in [-0.2, 0) is 47.2 Å². The number of sulfonamides is 2. The number of methoxy groups -OCH3 is 1. The van der Waals surface area contributed by atoms with Crippen LogP contribution in [0.5, 0.6) is 11.5 Å². The predicted octanol–water partition coefficient (Wildman–Crippen LogP) is 5.05. The Kier molecular flexibility index (Phi) is 18.9. The first-order chi connectivity index (χ1) is 28.9. The van der Waals surface area contributed by atoms with E-state index in [4.69, 9.17) is 14.2 Å². The Morgan fingerprint density at radius 3 is 1.85 bits per heavy atom. The smallest absolute Gasteiger partial charge is 0.307 e. The minimum atomic E-state index is -3.95. The number of carbonyl (C=O) groups is 2. The van der Waals surface area contributed by atoms with Crippen molar-refractivity contribution in [3.05, 3.63) is 133 Å². The lowest BCUT2D eigenvalue weighted by Crippen LogP contribution is -2.38. The van der Waals surface area contributed by atoms with Crippen LogP contribution in [0.2, 0.25) is 0 Å². The highest BCUT2D eigenvalue weighted by Crippen LogP contribution is 2.20. The lowest BCUT2D eigenvalue weighted by Gasteiger charge is -2.18. The van der Waals surface area contributed by atoms with Crippen molar-refractivity contribution in [3.63, 3.8) is 0 Å². The number of unbranched alkanes of at least 4 members (excludes halogenated alkanes) is 1. The topological polar surface area (TPSA) is 225 Å². The fourth-order valence-electron chi connectivity index (χ4n) is 5.72. The van der Waals surface area contributed by atoms with E-state index < -0.39 is 44.1 Å². The molecule has 3 heterocycles. The van der Waals surface area contributed by atoms with E-state index >= 15 is 0 Å². The number of ether oxygens (including phenoxy) is 3. The first-order valence-electron chi connectivity index (χ1n) is 19.1. The minimum Gasteiger partial charge on any atom is -0.497 e. The van der Waals surface area contributed by atoms with Gasteiger partial charge in [-0.25, -0.2) is 31.3 Å². The molecule has 0 aliphatic heterocycles. The maximum atomic E-state index is 12.9. The maximum absolute atomic E-state index is 12.9. The SMILES string of the molecule is CCOC(=O)CC(Cc1cccnc1)NS(=O)(=O)c1cccc(OC)c1.O=C(O)CC(Cc1cccnc1)NS(=O)(=O)c1cccc(OCCCCNc2ccccn2)c1. The standard InChI is InChI=1S/C24H28N4O5S.C18H22N2O5S/c29-24(30)16-20(15-19-7-6-11-25-18-19)28-34(31,32)22-9-5-8-21(17-22)33-14-4-3-13-27-23-10-1-2-12-26-23;1-3-25-18(21)11-15(10-14-6-5-9-19-13-14)20-26(22,23)17-8-4-7-16(12-17)24-2/h1-2,5-12,17-18,20,28H,3-4,13-16H2,(H,26,27)(H,29,30);4-9,12-13,15,20H,3,10-11H2,1-2H3. The third-order valence-electron chi connectivity index (χ3n) is 8.47. The first kappa shape index (κ1) is 46.7. The zero-order chi connectivity index (χ0) is 43.2. The van der Waals surface area contributed by atoms with Gasteiger partial charge in [0.25, 0.3) is 0 Å². The summed E-state index contributed by atoms with van der Waals surface area (Å²) in [6.45, 7) is 3.12. The number of esters is 1. The highest BCUT2D eigenvalue weighted by atomic mass is 32.2. The highest BCUT2D eigenvalue weighted by molar-refractivity contribution is 7.89. The Morgan fingerprint density at radius 1 is 0.717 bits per heavy atom. The molecule has 0 saturated heterocycles. The summed E-state index contributed by atoms with van der Waals surface area (Å²) >= 11 is 0. The van der Waals surface area contributed by atoms with Gasteiger partial charge in [0.1, 0.15) is 17.3 Å². The highest BCUT2D eigenvalue weighted by Gasteiger charge is 2.25. The number of hydrogen-bond donors (Lipinski definition) is 4. The quantitative estimate of drug-likeness (QED) is 0.0499. The van der Waals surface area contributed by atoms with Crippen molar-refractivity contribution in [2.45, 2.75) is 67.3 Å².